The van der Waals surface area contributed by atoms with Gasteiger partial charge in [-0.3, -0.25) is 4.99 Å². The normalized spacial score (nSPS) is 18.9. The maximum atomic E-state index is 10.1. The molecule has 0 saturated heterocycles. The number of rotatable bonds is 6. The SMILES string of the molecule is CO[C@H](C(=NCC(C)(C)C)[C@@H](O)[C@@H](C)O)C(C)C. The highest BCUT2D eigenvalue weighted by Gasteiger charge is 2.29. The van der Waals surface area contributed by atoms with E-state index in [1.807, 2.05) is 13.8 Å². The largest absolute Gasteiger partial charge is 0.390 e. The van der Waals surface area contributed by atoms with Crippen LogP contribution in [0.2, 0.25) is 0 Å². The molecule has 0 aliphatic carbocycles. The molecule has 0 aliphatic heterocycles. The second-order valence-electron chi connectivity index (χ2n) is 6.39. The van der Waals surface area contributed by atoms with Gasteiger partial charge in [-0.05, 0) is 18.3 Å². The summed E-state index contributed by atoms with van der Waals surface area (Å²) in [6.07, 6.45) is -2.09. The molecule has 18 heavy (non-hydrogen) atoms. The molecule has 0 aromatic heterocycles. The van der Waals surface area contributed by atoms with Crippen LogP contribution in [0, 0.1) is 11.3 Å². The number of aliphatic hydroxyl groups excluding tert-OH is 2. The Hall–Kier alpha value is -0.450. The number of nitrogens with zero attached hydrogens (tertiary/aromatic N) is 1. The minimum atomic E-state index is -0.973. The van der Waals surface area contributed by atoms with E-state index >= 15 is 0 Å². The Balaban J connectivity index is 5.16. The molecule has 0 saturated carbocycles. The van der Waals surface area contributed by atoms with Gasteiger partial charge in [0.2, 0.25) is 0 Å². The van der Waals surface area contributed by atoms with Crippen LogP contribution in [0.5, 0.6) is 0 Å². The van der Waals surface area contributed by atoms with Gasteiger partial charge >= 0.3 is 0 Å². The quantitative estimate of drug-likeness (QED) is 0.716. The van der Waals surface area contributed by atoms with Crippen molar-refractivity contribution in [2.75, 3.05) is 13.7 Å². The van der Waals surface area contributed by atoms with Gasteiger partial charge in [-0.25, -0.2) is 0 Å². The fraction of sp³-hybridized carbons (Fsp3) is 0.929. The van der Waals surface area contributed by atoms with Gasteiger partial charge in [0.1, 0.15) is 6.10 Å². The van der Waals surface area contributed by atoms with E-state index < -0.39 is 12.2 Å². The zero-order chi connectivity index (χ0) is 14.5. The highest BCUT2D eigenvalue weighted by atomic mass is 16.5. The molecule has 0 aliphatic rings. The number of methoxy groups -OCH3 is 1. The van der Waals surface area contributed by atoms with Gasteiger partial charge in [0.15, 0.2) is 0 Å². The molecule has 2 N–H and O–H groups in total. The Morgan fingerprint density at radius 2 is 1.67 bits per heavy atom. The van der Waals surface area contributed by atoms with Crippen molar-refractivity contribution in [2.24, 2.45) is 16.3 Å². The first kappa shape index (κ1) is 17.6. The van der Waals surface area contributed by atoms with Crippen LogP contribution >= 0.6 is 0 Å². The summed E-state index contributed by atoms with van der Waals surface area (Å²) in [7, 11) is 1.60. The summed E-state index contributed by atoms with van der Waals surface area (Å²) in [6, 6.07) is 0. The maximum absolute atomic E-state index is 10.1. The van der Waals surface area contributed by atoms with E-state index in [0.29, 0.717) is 12.3 Å². The number of ether oxygens (including phenoxy) is 1. The predicted molar refractivity (Wildman–Crippen MR) is 75.1 cm³/mol. The van der Waals surface area contributed by atoms with E-state index in [9.17, 15) is 10.2 Å². The van der Waals surface area contributed by atoms with E-state index in [0.717, 1.165) is 0 Å². The van der Waals surface area contributed by atoms with E-state index in [1.165, 1.54) is 0 Å². The van der Waals surface area contributed by atoms with Crippen LogP contribution in [0.3, 0.4) is 0 Å². The van der Waals surface area contributed by atoms with Crippen LogP contribution in [0.15, 0.2) is 4.99 Å². The fourth-order valence-corrected chi connectivity index (χ4v) is 1.66. The molecule has 0 radical (unpaired) electrons. The van der Waals surface area contributed by atoms with Crippen molar-refractivity contribution in [1.82, 2.24) is 0 Å². The molecule has 0 fully saturated rings. The predicted octanol–water partition coefficient (Wildman–Crippen LogP) is 1.89. The molecular formula is C14H29NO3. The number of aliphatic imine (C=N–C) groups is 1. The summed E-state index contributed by atoms with van der Waals surface area (Å²) in [4.78, 5) is 4.49. The molecule has 0 bridgehead atoms. The average molecular weight is 259 g/mol. The standard InChI is InChI=1S/C14H29NO3/c1-9(2)13(18-7)11(12(17)10(3)16)15-8-14(4,5)6/h9-10,12-13,16-17H,8H2,1-7H3/t10-,12+,13+/m1/s1. The molecule has 0 spiro atoms. The van der Waals surface area contributed by atoms with E-state index in [1.54, 1.807) is 14.0 Å². The van der Waals surface area contributed by atoms with Gasteiger partial charge in [-0.2, -0.15) is 0 Å². The molecule has 0 aromatic carbocycles. The van der Waals surface area contributed by atoms with Crippen molar-refractivity contribution >= 4 is 5.71 Å². The van der Waals surface area contributed by atoms with Gasteiger partial charge in [-0.15, -0.1) is 0 Å². The lowest BCUT2D eigenvalue weighted by Crippen LogP contribution is -2.43. The first-order valence-corrected chi connectivity index (χ1v) is 6.53. The van der Waals surface area contributed by atoms with Crippen LogP contribution in [-0.4, -0.2) is 47.9 Å². The van der Waals surface area contributed by atoms with Crippen LogP contribution in [0.25, 0.3) is 0 Å². The van der Waals surface area contributed by atoms with Crippen LogP contribution in [0.1, 0.15) is 41.5 Å². The summed E-state index contributed by atoms with van der Waals surface area (Å²) in [6.45, 7) is 12.4. The second-order valence-corrected chi connectivity index (χ2v) is 6.39. The fourth-order valence-electron chi connectivity index (χ4n) is 1.66. The molecule has 4 nitrogen and oxygen atoms in total. The molecule has 0 amide bonds. The van der Waals surface area contributed by atoms with Crippen molar-refractivity contribution in [3.05, 3.63) is 0 Å². The summed E-state index contributed by atoms with van der Waals surface area (Å²) >= 11 is 0. The summed E-state index contributed by atoms with van der Waals surface area (Å²) in [5.74, 6) is 0.196. The summed E-state index contributed by atoms with van der Waals surface area (Å²) in [5.41, 5.74) is 0.580. The van der Waals surface area contributed by atoms with Crippen LogP contribution < -0.4 is 0 Å². The Morgan fingerprint density at radius 3 is 1.94 bits per heavy atom. The van der Waals surface area contributed by atoms with E-state index in [2.05, 4.69) is 25.8 Å². The van der Waals surface area contributed by atoms with Crippen molar-refractivity contribution in [3.8, 4) is 0 Å². The topological polar surface area (TPSA) is 62.0 Å². The number of hydrogen-bond donors (Lipinski definition) is 2. The average Bonchev–Trinajstić information content (AvgIpc) is 2.20. The number of aliphatic hydroxyl groups is 2. The smallest absolute Gasteiger partial charge is 0.120 e. The van der Waals surface area contributed by atoms with Crippen molar-refractivity contribution < 1.29 is 14.9 Å². The number of hydrogen-bond acceptors (Lipinski definition) is 4. The second kappa shape index (κ2) is 7.22. The molecule has 0 heterocycles. The third kappa shape index (κ3) is 5.94. The lowest BCUT2D eigenvalue weighted by Gasteiger charge is -2.27. The maximum Gasteiger partial charge on any atom is 0.120 e. The van der Waals surface area contributed by atoms with Crippen LogP contribution in [0.4, 0.5) is 0 Å². The molecule has 108 valence electrons. The Morgan fingerprint density at radius 1 is 1.17 bits per heavy atom. The first-order chi connectivity index (χ1) is 8.10. The Labute approximate surface area is 111 Å². The zero-order valence-corrected chi connectivity index (χ0v) is 12.8. The molecule has 0 unspecified atom stereocenters. The molecule has 4 heteroatoms. The molecule has 0 rings (SSSR count). The highest BCUT2D eigenvalue weighted by Crippen LogP contribution is 2.17. The lowest BCUT2D eigenvalue weighted by atomic mass is 9.94. The third-order valence-corrected chi connectivity index (χ3v) is 2.65. The zero-order valence-electron chi connectivity index (χ0n) is 12.8. The van der Waals surface area contributed by atoms with Crippen molar-refractivity contribution in [1.29, 1.82) is 0 Å². The van der Waals surface area contributed by atoms with Gasteiger partial charge in [0, 0.05) is 13.7 Å². The van der Waals surface area contributed by atoms with Gasteiger partial charge in [-0.1, -0.05) is 34.6 Å². The first-order valence-electron chi connectivity index (χ1n) is 6.53. The Bertz CT molecular complexity index is 267. The minimum absolute atomic E-state index is 0.0406. The monoisotopic (exact) mass is 259 g/mol. The molecule has 3 atom stereocenters. The van der Waals surface area contributed by atoms with Crippen molar-refractivity contribution in [2.45, 2.75) is 59.9 Å². The van der Waals surface area contributed by atoms with Crippen molar-refractivity contribution in [3.63, 3.8) is 0 Å². The van der Waals surface area contributed by atoms with Crippen LogP contribution in [-0.2, 0) is 4.74 Å². The Kier molecular flexibility index (Phi) is 7.04. The molecule has 0 aromatic rings. The van der Waals surface area contributed by atoms with E-state index in [-0.39, 0.29) is 17.4 Å². The highest BCUT2D eigenvalue weighted by molar-refractivity contribution is 5.93. The van der Waals surface area contributed by atoms with Gasteiger partial charge in [0.25, 0.3) is 0 Å². The van der Waals surface area contributed by atoms with Gasteiger partial charge in [0.05, 0.1) is 17.9 Å². The summed E-state index contributed by atoms with van der Waals surface area (Å²) in [5, 5.41) is 19.6. The lowest BCUT2D eigenvalue weighted by molar-refractivity contribution is 0.0527. The van der Waals surface area contributed by atoms with E-state index in [4.69, 9.17) is 4.74 Å². The minimum Gasteiger partial charge on any atom is -0.390 e. The van der Waals surface area contributed by atoms with Gasteiger partial charge < -0.3 is 14.9 Å². The molecular weight excluding hydrogens is 230 g/mol. The third-order valence-electron chi connectivity index (χ3n) is 2.65. The summed E-state index contributed by atoms with van der Waals surface area (Å²) < 4.78 is 5.41.